The number of fused-ring (bicyclic) bond motifs is 1. The molecule has 4 aromatic rings. The van der Waals surface area contributed by atoms with Gasteiger partial charge in [-0.05, 0) is 23.6 Å². The van der Waals surface area contributed by atoms with E-state index in [9.17, 15) is 14.4 Å². The molecule has 0 unspecified atom stereocenters. The van der Waals surface area contributed by atoms with E-state index in [0.29, 0.717) is 18.8 Å². The van der Waals surface area contributed by atoms with Crippen LogP contribution in [-0.2, 0) is 35.6 Å². The lowest BCUT2D eigenvalue weighted by atomic mass is 10.1. The number of carbonyl (C=O) groups excluding carboxylic acids is 1. The van der Waals surface area contributed by atoms with Gasteiger partial charge >= 0.3 is 5.69 Å². The molecule has 0 aliphatic rings. The summed E-state index contributed by atoms with van der Waals surface area (Å²) in [6.07, 6.45) is 2.26. The van der Waals surface area contributed by atoms with Gasteiger partial charge in [0.05, 0.1) is 19.5 Å². The predicted octanol–water partition coefficient (Wildman–Crippen LogP) is 2.26. The fourth-order valence-corrected chi connectivity index (χ4v) is 3.93. The van der Waals surface area contributed by atoms with Crippen LogP contribution in [0.5, 0.6) is 0 Å². The lowest BCUT2D eigenvalue weighted by Crippen LogP contribution is -2.43. The van der Waals surface area contributed by atoms with Gasteiger partial charge in [0, 0.05) is 19.3 Å². The van der Waals surface area contributed by atoms with Gasteiger partial charge in [0.2, 0.25) is 5.91 Å². The molecular weight excluding hydrogens is 434 g/mol. The molecule has 0 fully saturated rings. The van der Waals surface area contributed by atoms with Crippen molar-refractivity contribution in [2.75, 3.05) is 19.0 Å². The van der Waals surface area contributed by atoms with Crippen molar-refractivity contribution in [3.05, 3.63) is 92.9 Å². The molecule has 0 aliphatic heterocycles. The number of amides is 1. The topological polar surface area (TPSA) is 100 Å². The summed E-state index contributed by atoms with van der Waals surface area (Å²) in [4.78, 5) is 44.0. The maximum absolute atomic E-state index is 13.4. The lowest BCUT2D eigenvalue weighted by Gasteiger charge is -2.14. The third-order valence-electron chi connectivity index (χ3n) is 5.68. The summed E-state index contributed by atoms with van der Waals surface area (Å²) >= 11 is 0. The first-order chi connectivity index (χ1) is 16.5. The summed E-state index contributed by atoms with van der Waals surface area (Å²) in [5.41, 5.74) is 1.91. The van der Waals surface area contributed by atoms with Crippen LogP contribution in [-0.4, -0.2) is 38.3 Å². The Balaban J connectivity index is 1.78. The van der Waals surface area contributed by atoms with Gasteiger partial charge in [0.1, 0.15) is 6.54 Å². The van der Waals surface area contributed by atoms with Crippen LogP contribution in [0.1, 0.15) is 18.1 Å². The second kappa shape index (κ2) is 10.3. The first kappa shape index (κ1) is 23.2. The highest BCUT2D eigenvalue weighted by molar-refractivity contribution is 5.91. The van der Waals surface area contributed by atoms with E-state index in [1.165, 1.54) is 10.9 Å². The fourth-order valence-electron chi connectivity index (χ4n) is 3.93. The van der Waals surface area contributed by atoms with Crippen molar-refractivity contribution < 1.29 is 9.53 Å². The molecule has 0 radical (unpaired) electrons. The van der Waals surface area contributed by atoms with Gasteiger partial charge in [-0.2, -0.15) is 0 Å². The van der Waals surface area contributed by atoms with Crippen molar-refractivity contribution in [2.24, 2.45) is 0 Å². The van der Waals surface area contributed by atoms with Gasteiger partial charge < -0.3 is 14.6 Å². The van der Waals surface area contributed by atoms with E-state index in [4.69, 9.17) is 4.74 Å². The number of imidazole rings is 1. The Morgan fingerprint density at radius 3 is 2.50 bits per heavy atom. The normalized spacial score (nSPS) is 11.1. The van der Waals surface area contributed by atoms with Gasteiger partial charge in [-0.1, -0.05) is 55.5 Å². The first-order valence-corrected chi connectivity index (χ1v) is 11.1. The van der Waals surface area contributed by atoms with E-state index in [-0.39, 0.29) is 17.7 Å². The van der Waals surface area contributed by atoms with E-state index >= 15 is 0 Å². The molecule has 2 aromatic heterocycles. The molecule has 0 atom stereocenters. The number of benzene rings is 2. The summed E-state index contributed by atoms with van der Waals surface area (Å²) in [5, 5.41) is 2.84. The SMILES string of the molecule is CCc1ccccc1NC(=O)Cn1c(=O)c2c(ncn2CCOC)n(Cc2ccccc2)c1=O. The van der Waals surface area contributed by atoms with Crippen molar-refractivity contribution in [2.45, 2.75) is 33.0 Å². The Morgan fingerprint density at radius 2 is 1.76 bits per heavy atom. The van der Waals surface area contributed by atoms with Crippen LogP contribution in [0.3, 0.4) is 0 Å². The number of hydrogen-bond donors (Lipinski definition) is 1. The zero-order chi connectivity index (χ0) is 24.1. The monoisotopic (exact) mass is 461 g/mol. The molecule has 4 rings (SSSR count). The standard InChI is InChI=1S/C25H27N5O4/c1-3-19-11-7-8-12-20(19)27-21(31)16-30-24(32)22-23(26-17-28(22)13-14-34-2)29(25(30)33)15-18-9-5-4-6-10-18/h4-12,17H,3,13-16H2,1-2H3,(H,27,31). The van der Waals surface area contributed by atoms with Crippen LogP contribution >= 0.6 is 0 Å². The fraction of sp³-hybridized carbons (Fsp3) is 0.280. The smallest absolute Gasteiger partial charge is 0.333 e. The number of aromatic nitrogens is 4. The Kier molecular flexibility index (Phi) is 7.03. The van der Waals surface area contributed by atoms with Crippen LogP contribution in [0, 0.1) is 0 Å². The number of carbonyl (C=O) groups is 1. The minimum absolute atomic E-state index is 0.220. The quantitative estimate of drug-likeness (QED) is 0.412. The summed E-state index contributed by atoms with van der Waals surface area (Å²) < 4.78 is 9.21. The summed E-state index contributed by atoms with van der Waals surface area (Å²) in [6.45, 7) is 2.57. The molecule has 34 heavy (non-hydrogen) atoms. The maximum Gasteiger partial charge on any atom is 0.333 e. The molecule has 176 valence electrons. The molecule has 9 nitrogen and oxygen atoms in total. The van der Waals surface area contributed by atoms with Crippen molar-refractivity contribution in [3.63, 3.8) is 0 Å². The highest BCUT2D eigenvalue weighted by atomic mass is 16.5. The third-order valence-corrected chi connectivity index (χ3v) is 5.68. The molecule has 1 amide bonds. The first-order valence-electron chi connectivity index (χ1n) is 11.1. The van der Waals surface area contributed by atoms with Gasteiger partial charge in [-0.25, -0.2) is 14.3 Å². The van der Waals surface area contributed by atoms with E-state index in [0.717, 1.165) is 22.1 Å². The number of ether oxygens (including phenoxy) is 1. The number of nitrogens with zero attached hydrogens (tertiary/aromatic N) is 4. The lowest BCUT2D eigenvalue weighted by molar-refractivity contribution is -0.116. The minimum atomic E-state index is -0.586. The number of aryl methyl sites for hydroxylation is 1. The van der Waals surface area contributed by atoms with Crippen molar-refractivity contribution in [1.82, 2.24) is 18.7 Å². The molecule has 0 saturated carbocycles. The Morgan fingerprint density at radius 1 is 1.03 bits per heavy atom. The number of anilines is 1. The van der Waals surface area contributed by atoms with Gasteiger partial charge in [0.15, 0.2) is 11.2 Å². The van der Waals surface area contributed by atoms with Crippen molar-refractivity contribution in [1.29, 1.82) is 0 Å². The molecule has 0 saturated heterocycles. The van der Waals surface area contributed by atoms with E-state index in [1.54, 1.807) is 17.7 Å². The molecule has 2 aromatic carbocycles. The third kappa shape index (κ3) is 4.69. The molecular formula is C25H27N5O4. The second-order valence-electron chi connectivity index (χ2n) is 7.91. The zero-order valence-corrected chi connectivity index (χ0v) is 19.2. The Labute approximate surface area is 196 Å². The molecule has 1 N–H and O–H groups in total. The van der Waals surface area contributed by atoms with Gasteiger partial charge in [-0.15, -0.1) is 0 Å². The summed E-state index contributed by atoms with van der Waals surface area (Å²) in [5.74, 6) is -0.450. The maximum atomic E-state index is 13.4. The second-order valence-corrected chi connectivity index (χ2v) is 7.91. The number of para-hydroxylation sites is 1. The minimum Gasteiger partial charge on any atom is -0.383 e. The van der Waals surface area contributed by atoms with E-state index in [1.807, 2.05) is 55.5 Å². The highest BCUT2D eigenvalue weighted by Gasteiger charge is 2.20. The largest absolute Gasteiger partial charge is 0.383 e. The van der Waals surface area contributed by atoms with Crippen LogP contribution < -0.4 is 16.6 Å². The van der Waals surface area contributed by atoms with Crippen molar-refractivity contribution >= 4 is 22.8 Å². The van der Waals surface area contributed by atoms with E-state index < -0.39 is 23.7 Å². The van der Waals surface area contributed by atoms with Crippen molar-refractivity contribution in [3.8, 4) is 0 Å². The van der Waals surface area contributed by atoms with Crippen LogP contribution in [0.2, 0.25) is 0 Å². The zero-order valence-electron chi connectivity index (χ0n) is 19.2. The van der Waals surface area contributed by atoms with Crippen LogP contribution in [0.25, 0.3) is 11.2 Å². The van der Waals surface area contributed by atoms with Gasteiger partial charge in [-0.3, -0.25) is 14.2 Å². The Bertz CT molecular complexity index is 1420. The van der Waals surface area contributed by atoms with E-state index in [2.05, 4.69) is 10.3 Å². The molecule has 0 bridgehead atoms. The molecule has 2 heterocycles. The number of hydrogen-bond acceptors (Lipinski definition) is 5. The predicted molar refractivity (Wildman–Crippen MR) is 130 cm³/mol. The number of methoxy groups -OCH3 is 1. The average Bonchev–Trinajstić information content (AvgIpc) is 3.28. The molecule has 9 heteroatoms. The average molecular weight is 462 g/mol. The molecule has 0 aliphatic carbocycles. The summed E-state index contributed by atoms with van der Waals surface area (Å²) in [7, 11) is 1.57. The number of nitrogens with one attached hydrogen (secondary N) is 1. The number of rotatable bonds is 9. The highest BCUT2D eigenvalue weighted by Crippen LogP contribution is 2.15. The molecule has 0 spiro atoms. The Hall–Kier alpha value is -3.98. The van der Waals surface area contributed by atoms with Crippen LogP contribution in [0.4, 0.5) is 5.69 Å². The van der Waals surface area contributed by atoms with Gasteiger partial charge in [0.25, 0.3) is 5.56 Å². The van der Waals surface area contributed by atoms with Crippen LogP contribution in [0.15, 0.2) is 70.5 Å². The summed E-state index contributed by atoms with van der Waals surface area (Å²) in [6, 6.07) is 16.9.